The number of methoxy groups -OCH3 is 1. The first-order valence-electron chi connectivity index (χ1n) is 13.4. The predicted molar refractivity (Wildman–Crippen MR) is 148 cm³/mol. The van der Waals surface area contributed by atoms with Crippen LogP contribution in [-0.4, -0.2) is 36.3 Å². The Balaban J connectivity index is 2.05. The van der Waals surface area contributed by atoms with Crippen LogP contribution in [0.25, 0.3) is 11.1 Å². The van der Waals surface area contributed by atoms with Crippen LogP contribution >= 0.6 is 0 Å². The van der Waals surface area contributed by atoms with E-state index in [1.54, 1.807) is 14.0 Å². The van der Waals surface area contributed by atoms with Crippen LogP contribution in [0.3, 0.4) is 0 Å². The highest BCUT2D eigenvalue weighted by molar-refractivity contribution is 5.97. The lowest BCUT2D eigenvalue weighted by molar-refractivity contribution is 0.0403. The van der Waals surface area contributed by atoms with Crippen LogP contribution in [0.4, 0.5) is 0 Å². The molecular weight excluding hydrogens is 464 g/mol. The van der Waals surface area contributed by atoms with Crippen LogP contribution in [0, 0.1) is 6.92 Å². The Bertz CT molecular complexity index is 1130. The number of unbranched alkanes of at least 4 members (excludes halogenated alkanes) is 3. The fraction of sp³-hybridized carbons (Fsp3) is 0.484. The van der Waals surface area contributed by atoms with Gasteiger partial charge in [-0.2, -0.15) is 5.10 Å². The molecule has 6 nitrogen and oxygen atoms in total. The van der Waals surface area contributed by atoms with Gasteiger partial charge in [0.1, 0.15) is 0 Å². The maximum absolute atomic E-state index is 13.1. The summed E-state index contributed by atoms with van der Waals surface area (Å²) in [6, 6.07) is 16.8. The largest absolute Gasteiger partial charge is 0.461 e. The van der Waals surface area contributed by atoms with Crippen molar-refractivity contribution in [2.75, 3.05) is 20.5 Å². The van der Waals surface area contributed by atoms with E-state index in [0.717, 1.165) is 12.0 Å². The van der Waals surface area contributed by atoms with E-state index >= 15 is 0 Å². The van der Waals surface area contributed by atoms with Crippen LogP contribution < -0.4 is 4.74 Å². The number of hydrogen-bond donors (Lipinski definition) is 0. The van der Waals surface area contributed by atoms with Gasteiger partial charge in [0.15, 0.2) is 12.5 Å². The number of benzene rings is 2. The topological polar surface area (TPSA) is 62.6 Å². The van der Waals surface area contributed by atoms with Crippen LogP contribution in [0.2, 0.25) is 0 Å². The third-order valence-electron chi connectivity index (χ3n) is 6.52. The number of nitrogens with zero attached hydrogens (tertiary/aromatic N) is 2. The van der Waals surface area contributed by atoms with E-state index in [1.807, 2.05) is 16.8 Å². The Labute approximate surface area is 221 Å². The van der Waals surface area contributed by atoms with Crippen LogP contribution in [0.1, 0.15) is 80.6 Å². The van der Waals surface area contributed by atoms with Gasteiger partial charge in [-0.3, -0.25) is 0 Å². The Morgan fingerprint density at radius 1 is 0.946 bits per heavy atom. The van der Waals surface area contributed by atoms with Gasteiger partial charge in [-0.25, -0.2) is 9.48 Å². The lowest BCUT2D eigenvalue weighted by Crippen LogP contribution is -2.31. The smallest absolute Gasteiger partial charge is 0.359 e. The van der Waals surface area contributed by atoms with Crippen molar-refractivity contribution in [3.63, 3.8) is 0 Å². The Morgan fingerprint density at radius 2 is 1.62 bits per heavy atom. The molecule has 0 aliphatic rings. The minimum atomic E-state index is -0.489. The van der Waals surface area contributed by atoms with Gasteiger partial charge in [0.2, 0.25) is 5.88 Å². The molecule has 6 heteroatoms. The second-order valence-electron chi connectivity index (χ2n) is 10.2. The third-order valence-corrected chi connectivity index (χ3v) is 6.52. The number of esters is 1. The SMILES string of the molecule is CCCCCCc1ccc(-c2c(C(=O)OCC)nn(C(C)(C)Cc3ccc(C)cc3)c2OCOC)cc1. The van der Waals surface area contributed by atoms with Gasteiger partial charge in [-0.15, -0.1) is 0 Å². The molecule has 0 amide bonds. The van der Waals surface area contributed by atoms with Crippen molar-refractivity contribution in [1.29, 1.82) is 0 Å². The minimum Gasteiger partial charge on any atom is -0.461 e. The van der Waals surface area contributed by atoms with Gasteiger partial charge in [0, 0.05) is 7.11 Å². The summed E-state index contributed by atoms with van der Waals surface area (Å²) in [6.45, 7) is 10.6. The predicted octanol–water partition coefficient (Wildman–Crippen LogP) is 7.12. The van der Waals surface area contributed by atoms with Crippen molar-refractivity contribution >= 4 is 5.97 Å². The lowest BCUT2D eigenvalue weighted by atomic mass is 9.94. The van der Waals surface area contributed by atoms with Crippen molar-refractivity contribution in [2.45, 2.75) is 78.7 Å². The van der Waals surface area contributed by atoms with Crippen molar-refractivity contribution in [3.05, 3.63) is 70.9 Å². The Hall–Kier alpha value is -3.12. The van der Waals surface area contributed by atoms with Crippen LogP contribution in [-0.2, 0) is 27.9 Å². The fourth-order valence-corrected chi connectivity index (χ4v) is 4.54. The first-order chi connectivity index (χ1) is 17.8. The molecule has 0 unspecified atom stereocenters. The molecule has 0 aliphatic carbocycles. The molecule has 2 aromatic carbocycles. The van der Waals surface area contributed by atoms with Crippen molar-refractivity contribution in [2.24, 2.45) is 0 Å². The normalized spacial score (nSPS) is 11.5. The summed E-state index contributed by atoms with van der Waals surface area (Å²) in [5.41, 5.74) is 4.93. The summed E-state index contributed by atoms with van der Waals surface area (Å²) < 4.78 is 18.6. The number of ether oxygens (including phenoxy) is 3. The Kier molecular flexibility index (Phi) is 10.3. The van der Waals surface area contributed by atoms with Crippen LogP contribution in [0.5, 0.6) is 5.88 Å². The summed E-state index contributed by atoms with van der Waals surface area (Å²) in [7, 11) is 1.58. The molecule has 0 spiro atoms. The van der Waals surface area contributed by atoms with E-state index in [0.29, 0.717) is 17.9 Å². The van der Waals surface area contributed by atoms with Crippen LogP contribution in [0.15, 0.2) is 48.5 Å². The molecular formula is C31H42N2O4. The quantitative estimate of drug-likeness (QED) is 0.132. The zero-order valence-corrected chi connectivity index (χ0v) is 23.3. The third kappa shape index (κ3) is 7.45. The first kappa shape index (κ1) is 28.5. The average Bonchev–Trinajstić information content (AvgIpc) is 3.28. The van der Waals surface area contributed by atoms with Gasteiger partial charge in [-0.05, 0) is 63.6 Å². The number of rotatable bonds is 14. The fourth-order valence-electron chi connectivity index (χ4n) is 4.54. The summed E-state index contributed by atoms with van der Waals surface area (Å²) in [5.74, 6) is 0.0333. The molecule has 0 bridgehead atoms. The van der Waals surface area contributed by atoms with Gasteiger partial charge in [0.05, 0.1) is 17.7 Å². The molecule has 0 saturated carbocycles. The zero-order valence-electron chi connectivity index (χ0n) is 23.3. The van der Waals surface area contributed by atoms with E-state index in [1.165, 1.54) is 42.4 Å². The number of hydrogen-bond acceptors (Lipinski definition) is 5. The van der Waals surface area contributed by atoms with Crippen molar-refractivity contribution in [3.8, 4) is 17.0 Å². The van der Waals surface area contributed by atoms with E-state index in [9.17, 15) is 4.79 Å². The molecule has 0 aliphatic heterocycles. The first-order valence-corrected chi connectivity index (χ1v) is 13.4. The molecule has 3 rings (SSSR count). The molecule has 200 valence electrons. The molecule has 37 heavy (non-hydrogen) atoms. The monoisotopic (exact) mass is 506 g/mol. The number of carbonyl (C=O) groups excluding carboxylic acids is 1. The molecule has 0 radical (unpaired) electrons. The maximum Gasteiger partial charge on any atom is 0.359 e. The molecule has 0 N–H and O–H groups in total. The van der Waals surface area contributed by atoms with E-state index in [-0.39, 0.29) is 19.1 Å². The molecule has 3 aromatic rings. The molecule has 0 fully saturated rings. The van der Waals surface area contributed by atoms with E-state index in [4.69, 9.17) is 19.3 Å². The summed E-state index contributed by atoms with van der Waals surface area (Å²) in [6.07, 6.45) is 6.65. The van der Waals surface area contributed by atoms with Crippen molar-refractivity contribution < 1.29 is 19.0 Å². The highest BCUT2D eigenvalue weighted by Crippen LogP contribution is 2.39. The number of aromatic nitrogens is 2. The highest BCUT2D eigenvalue weighted by Gasteiger charge is 2.33. The maximum atomic E-state index is 13.1. The average molecular weight is 507 g/mol. The van der Waals surface area contributed by atoms with Gasteiger partial charge < -0.3 is 14.2 Å². The zero-order chi connectivity index (χ0) is 26.8. The summed E-state index contributed by atoms with van der Waals surface area (Å²) in [5, 5.41) is 4.80. The number of aryl methyl sites for hydroxylation is 2. The second-order valence-corrected chi connectivity index (χ2v) is 10.2. The summed E-state index contributed by atoms with van der Waals surface area (Å²) >= 11 is 0. The van der Waals surface area contributed by atoms with E-state index in [2.05, 4.69) is 64.1 Å². The van der Waals surface area contributed by atoms with Gasteiger partial charge in [0.25, 0.3) is 0 Å². The second kappa shape index (κ2) is 13.4. The molecule has 0 saturated heterocycles. The van der Waals surface area contributed by atoms with Gasteiger partial charge in [-0.1, -0.05) is 80.3 Å². The number of carbonyl (C=O) groups is 1. The van der Waals surface area contributed by atoms with E-state index < -0.39 is 11.5 Å². The highest BCUT2D eigenvalue weighted by atomic mass is 16.7. The van der Waals surface area contributed by atoms with Gasteiger partial charge >= 0.3 is 5.97 Å². The molecule has 1 aromatic heterocycles. The standard InChI is InChI=1S/C31H42N2O4/c1-7-9-10-11-12-24-17-19-26(20-18-24)27-28(30(34)36-8-2)32-33(29(27)37-22-35-6)31(4,5)21-25-15-13-23(3)14-16-25/h13-20H,7-12,21-22H2,1-6H3. The summed E-state index contributed by atoms with van der Waals surface area (Å²) in [4.78, 5) is 13.1. The van der Waals surface area contributed by atoms with Crippen molar-refractivity contribution in [1.82, 2.24) is 9.78 Å². The minimum absolute atomic E-state index is 0.0388. The lowest BCUT2D eigenvalue weighted by Gasteiger charge is -2.27. The Morgan fingerprint density at radius 3 is 2.24 bits per heavy atom. The molecule has 1 heterocycles. The molecule has 0 atom stereocenters.